The number of ether oxygens (including phenoxy) is 1. The summed E-state index contributed by atoms with van der Waals surface area (Å²) >= 11 is 0. The summed E-state index contributed by atoms with van der Waals surface area (Å²) < 4.78 is 7.24. The summed E-state index contributed by atoms with van der Waals surface area (Å²) in [6.07, 6.45) is 6.48. The zero-order valence-corrected chi connectivity index (χ0v) is 20.9. The largest absolute Gasteiger partial charge is 0.508 e. The van der Waals surface area contributed by atoms with Crippen molar-refractivity contribution in [2.75, 3.05) is 19.6 Å². The summed E-state index contributed by atoms with van der Waals surface area (Å²) in [6.45, 7) is 2.78. The number of hydrogen-bond acceptors (Lipinski definition) is 5. The molecule has 3 aliphatic heterocycles. The van der Waals surface area contributed by atoms with Gasteiger partial charge in [-0.25, -0.2) is 0 Å². The number of carbonyl (C=O) groups excluding carboxylic acids is 2. The van der Waals surface area contributed by atoms with Gasteiger partial charge in [-0.2, -0.15) is 0 Å². The minimum absolute atomic E-state index is 0.0209. The molecule has 6 aliphatic rings. The van der Waals surface area contributed by atoms with Crippen LogP contribution in [0, 0.1) is 11.8 Å². The quantitative estimate of drug-likeness (QED) is 0.675. The Morgan fingerprint density at radius 2 is 1.92 bits per heavy atom. The molecule has 192 valence electrons. The van der Waals surface area contributed by atoms with Crippen LogP contribution in [0.2, 0.25) is 0 Å². The number of likely N-dealkylation sites (tertiary alicyclic amines) is 2. The van der Waals surface area contributed by atoms with E-state index in [1.165, 1.54) is 30.5 Å². The molecule has 3 N–H and O–H groups in total. The highest BCUT2D eigenvalue weighted by atomic mass is 16.5. The standard InChI is InChI=1S/C30H33N3O4/c31-27(35)19-2-1-3-20(12-19)28(36)33-16-24-26-23(33)8-9-30(37-24)25-13-18-6-7-21(34)14-22(18)29(26,30)10-11-32(25)15-17-4-5-17/h1-3,6-7,12,14,17,23-26,34H,4-5,8-11,13,15-16H2,(H2,31,35)/t23?,24-,25?,26?,29?,30?/m1/s1. The number of primary amides is 1. The van der Waals surface area contributed by atoms with Crippen LogP contribution in [0.4, 0.5) is 0 Å². The molecular weight excluding hydrogens is 466 g/mol. The lowest BCUT2D eigenvalue weighted by atomic mass is 9.46. The van der Waals surface area contributed by atoms with Gasteiger partial charge >= 0.3 is 0 Å². The topological polar surface area (TPSA) is 96.1 Å². The normalized spacial score (nSPS) is 37.2. The van der Waals surface area contributed by atoms with Crippen LogP contribution in [0.25, 0.3) is 0 Å². The van der Waals surface area contributed by atoms with Gasteiger partial charge in [-0.3, -0.25) is 14.5 Å². The third-order valence-corrected chi connectivity index (χ3v) is 10.7. The zero-order chi connectivity index (χ0) is 25.1. The summed E-state index contributed by atoms with van der Waals surface area (Å²) in [5.74, 6) is 0.767. The maximum absolute atomic E-state index is 13.8. The molecule has 2 aromatic carbocycles. The molecule has 4 bridgehead atoms. The van der Waals surface area contributed by atoms with Gasteiger partial charge < -0.3 is 20.5 Å². The summed E-state index contributed by atoms with van der Waals surface area (Å²) in [6, 6.07) is 13.2. The van der Waals surface area contributed by atoms with Crippen molar-refractivity contribution in [3.05, 3.63) is 64.7 Å². The first-order chi connectivity index (χ1) is 17.9. The predicted molar refractivity (Wildman–Crippen MR) is 136 cm³/mol. The second-order valence-corrected chi connectivity index (χ2v) is 12.3. The molecule has 7 heteroatoms. The van der Waals surface area contributed by atoms with Gasteiger partial charge in [0.05, 0.1) is 11.7 Å². The molecule has 2 aromatic rings. The Hall–Kier alpha value is -2.90. The molecule has 0 radical (unpaired) electrons. The van der Waals surface area contributed by atoms with Crippen molar-refractivity contribution in [2.45, 2.75) is 67.7 Å². The fraction of sp³-hybridized carbons (Fsp3) is 0.533. The van der Waals surface area contributed by atoms with Gasteiger partial charge in [0.15, 0.2) is 0 Å². The Morgan fingerprint density at radius 1 is 1.08 bits per heavy atom. The van der Waals surface area contributed by atoms with Crippen LogP contribution < -0.4 is 5.73 Å². The summed E-state index contributed by atoms with van der Waals surface area (Å²) in [5.41, 5.74) is 8.50. The predicted octanol–water partition coefficient (Wildman–Crippen LogP) is 2.84. The van der Waals surface area contributed by atoms with Crippen LogP contribution in [0.15, 0.2) is 42.5 Å². The highest BCUT2D eigenvalue weighted by Gasteiger charge is 2.78. The number of amides is 2. The van der Waals surface area contributed by atoms with Crippen molar-refractivity contribution >= 4 is 11.8 Å². The second kappa shape index (κ2) is 7.35. The van der Waals surface area contributed by atoms with E-state index in [1.807, 2.05) is 17.0 Å². The fourth-order valence-electron chi connectivity index (χ4n) is 9.23. The third-order valence-electron chi connectivity index (χ3n) is 10.7. The van der Waals surface area contributed by atoms with Crippen molar-refractivity contribution in [2.24, 2.45) is 17.6 Å². The van der Waals surface area contributed by atoms with Gasteiger partial charge in [0.1, 0.15) is 5.75 Å². The number of rotatable bonds is 4. The fourth-order valence-corrected chi connectivity index (χ4v) is 9.23. The summed E-state index contributed by atoms with van der Waals surface area (Å²) in [5, 5.41) is 10.6. The summed E-state index contributed by atoms with van der Waals surface area (Å²) in [4.78, 5) is 30.3. The highest BCUT2D eigenvalue weighted by Crippen LogP contribution is 2.69. The third kappa shape index (κ3) is 2.79. The molecule has 5 fully saturated rings. The van der Waals surface area contributed by atoms with Gasteiger partial charge in [0.2, 0.25) is 5.91 Å². The summed E-state index contributed by atoms with van der Waals surface area (Å²) in [7, 11) is 0. The van der Waals surface area contributed by atoms with Crippen molar-refractivity contribution in [3.63, 3.8) is 0 Å². The Labute approximate surface area is 216 Å². The molecule has 0 spiro atoms. The number of carbonyl (C=O) groups is 2. The maximum Gasteiger partial charge on any atom is 0.254 e. The van der Waals surface area contributed by atoms with Crippen molar-refractivity contribution in [3.8, 4) is 5.75 Å². The van der Waals surface area contributed by atoms with Crippen molar-refractivity contribution in [1.29, 1.82) is 0 Å². The SMILES string of the molecule is NC(=O)c1cccc(C(=O)N2C[C@H]3OC45CCC2C3C42CCN(CC3CC3)C5Cc3ccc(O)cc32)c1. The minimum Gasteiger partial charge on any atom is -0.508 e. The Balaban J connectivity index is 1.22. The van der Waals surface area contributed by atoms with E-state index in [0.29, 0.717) is 29.5 Å². The van der Waals surface area contributed by atoms with Gasteiger partial charge in [0.25, 0.3) is 5.91 Å². The first-order valence-electron chi connectivity index (χ1n) is 13.9. The molecule has 2 amide bonds. The Kier molecular flexibility index (Phi) is 4.40. The lowest BCUT2D eigenvalue weighted by Crippen LogP contribution is -2.74. The van der Waals surface area contributed by atoms with E-state index < -0.39 is 5.91 Å². The monoisotopic (exact) mass is 499 g/mol. The van der Waals surface area contributed by atoms with Crippen molar-refractivity contribution in [1.82, 2.24) is 9.80 Å². The molecular formula is C30H33N3O4. The van der Waals surface area contributed by atoms with E-state index in [1.54, 1.807) is 24.3 Å². The number of benzene rings is 2. The molecule has 7 nitrogen and oxygen atoms in total. The smallest absolute Gasteiger partial charge is 0.254 e. The number of piperidine rings is 1. The van der Waals surface area contributed by atoms with Crippen LogP contribution >= 0.6 is 0 Å². The molecule has 0 aromatic heterocycles. The average molecular weight is 500 g/mol. The lowest BCUT2D eigenvalue weighted by molar-refractivity contribution is -0.171. The highest BCUT2D eigenvalue weighted by molar-refractivity contribution is 5.99. The molecule has 6 atom stereocenters. The van der Waals surface area contributed by atoms with Crippen LogP contribution in [0.1, 0.15) is 63.9 Å². The number of aromatic hydroxyl groups is 1. The molecule has 2 saturated carbocycles. The number of phenolic OH excluding ortho intramolecular Hbond substituents is 1. The molecule has 3 heterocycles. The van der Waals surface area contributed by atoms with Crippen LogP contribution in [0.5, 0.6) is 5.75 Å². The molecule has 5 unspecified atom stereocenters. The number of phenols is 1. The van der Waals surface area contributed by atoms with E-state index in [0.717, 1.165) is 38.1 Å². The molecule has 8 rings (SSSR count). The van der Waals surface area contributed by atoms with E-state index in [4.69, 9.17) is 10.5 Å². The van der Waals surface area contributed by atoms with Gasteiger partial charge in [-0.15, -0.1) is 0 Å². The van der Waals surface area contributed by atoms with Gasteiger partial charge in [-0.05, 0) is 92.4 Å². The average Bonchev–Trinajstić information content (AvgIpc) is 3.59. The van der Waals surface area contributed by atoms with Gasteiger partial charge in [0, 0.05) is 47.6 Å². The Morgan fingerprint density at radius 3 is 2.73 bits per heavy atom. The van der Waals surface area contributed by atoms with Crippen molar-refractivity contribution < 1.29 is 19.4 Å². The first-order valence-corrected chi connectivity index (χ1v) is 13.9. The van der Waals surface area contributed by atoms with E-state index in [9.17, 15) is 14.7 Å². The molecule has 3 aliphatic carbocycles. The van der Waals surface area contributed by atoms with E-state index >= 15 is 0 Å². The Bertz CT molecular complexity index is 1340. The van der Waals surface area contributed by atoms with Crippen LogP contribution in [0.3, 0.4) is 0 Å². The zero-order valence-electron chi connectivity index (χ0n) is 20.9. The number of nitrogens with zero attached hydrogens (tertiary/aromatic N) is 2. The van der Waals surface area contributed by atoms with E-state index in [2.05, 4.69) is 11.0 Å². The van der Waals surface area contributed by atoms with Crippen LogP contribution in [-0.2, 0) is 16.6 Å². The second-order valence-electron chi connectivity index (χ2n) is 12.3. The van der Waals surface area contributed by atoms with Gasteiger partial charge in [-0.1, -0.05) is 12.1 Å². The minimum atomic E-state index is -0.528. The lowest BCUT2D eigenvalue weighted by Gasteiger charge is -2.64. The number of nitrogens with two attached hydrogens (primary N) is 1. The maximum atomic E-state index is 13.8. The number of hydrogen-bond donors (Lipinski definition) is 2. The first kappa shape index (κ1) is 22.1. The van der Waals surface area contributed by atoms with E-state index in [-0.39, 0.29) is 35.0 Å². The molecule has 37 heavy (non-hydrogen) atoms. The molecule has 3 saturated heterocycles. The number of fused-ring (bicyclic) bond motifs is 1. The van der Waals surface area contributed by atoms with Crippen LogP contribution in [-0.4, -0.2) is 70.1 Å².